The van der Waals surface area contributed by atoms with Gasteiger partial charge in [-0.05, 0) is 26.7 Å². The lowest BCUT2D eigenvalue weighted by Gasteiger charge is -2.34. The number of aliphatic carboxylic acids is 1. The Labute approximate surface area is 83.9 Å². The van der Waals surface area contributed by atoms with E-state index in [1.165, 1.54) is 4.90 Å². The highest BCUT2D eigenvalue weighted by Crippen LogP contribution is 2.21. The molecule has 0 aromatic heterocycles. The molecule has 1 heterocycles. The molecule has 1 rings (SSSR count). The Bertz CT molecular complexity index is 248. The largest absolute Gasteiger partial charge is 0.480 e. The first kappa shape index (κ1) is 11.0. The number of nitrogens with zero attached hydrogens (tertiary/aromatic N) is 1. The molecule has 14 heavy (non-hydrogen) atoms. The van der Waals surface area contributed by atoms with Crippen molar-refractivity contribution in [2.24, 2.45) is 0 Å². The normalized spacial score (nSPS) is 19.3. The first-order chi connectivity index (χ1) is 6.46. The first-order valence-electron chi connectivity index (χ1n) is 5.00. The third-order valence-corrected chi connectivity index (χ3v) is 2.77. The number of hydrogen-bond acceptors (Lipinski definition) is 2. The van der Waals surface area contributed by atoms with Gasteiger partial charge in [-0.3, -0.25) is 4.79 Å². The molecule has 4 heteroatoms. The van der Waals surface area contributed by atoms with Crippen molar-refractivity contribution in [2.75, 3.05) is 6.54 Å². The zero-order valence-electron chi connectivity index (χ0n) is 8.75. The number of amides is 1. The van der Waals surface area contributed by atoms with Gasteiger partial charge in [0.15, 0.2) is 0 Å². The Hall–Kier alpha value is -1.06. The van der Waals surface area contributed by atoms with Gasteiger partial charge in [0.2, 0.25) is 5.91 Å². The number of likely N-dealkylation sites (tertiary alicyclic amines) is 1. The Morgan fingerprint density at radius 3 is 2.57 bits per heavy atom. The van der Waals surface area contributed by atoms with Crippen LogP contribution in [-0.2, 0) is 9.59 Å². The number of carbonyl (C=O) groups is 2. The van der Waals surface area contributed by atoms with Gasteiger partial charge in [0.05, 0.1) is 0 Å². The van der Waals surface area contributed by atoms with Crippen LogP contribution in [0.25, 0.3) is 0 Å². The van der Waals surface area contributed by atoms with Gasteiger partial charge in [-0.2, -0.15) is 0 Å². The van der Waals surface area contributed by atoms with Crippen LogP contribution in [0.5, 0.6) is 0 Å². The SMILES string of the molecule is CC(C)(C(=O)O)N1CCCCCC1=O. The average Bonchev–Trinajstić information content (AvgIpc) is 2.29. The summed E-state index contributed by atoms with van der Waals surface area (Å²) in [5, 5.41) is 9.01. The van der Waals surface area contributed by atoms with E-state index in [4.69, 9.17) is 5.11 Å². The predicted molar refractivity (Wildman–Crippen MR) is 51.9 cm³/mol. The van der Waals surface area contributed by atoms with Crippen molar-refractivity contribution >= 4 is 11.9 Å². The van der Waals surface area contributed by atoms with Crippen LogP contribution in [0.2, 0.25) is 0 Å². The number of carboxylic acid groups (broad SMARTS) is 1. The Balaban J connectivity index is 2.82. The second-order valence-electron chi connectivity index (χ2n) is 4.22. The Morgan fingerprint density at radius 2 is 2.00 bits per heavy atom. The highest BCUT2D eigenvalue weighted by Gasteiger charge is 2.37. The third kappa shape index (κ3) is 2.05. The maximum Gasteiger partial charge on any atom is 0.329 e. The lowest BCUT2D eigenvalue weighted by molar-refractivity contribution is -0.156. The molecule has 0 saturated carbocycles. The van der Waals surface area contributed by atoms with Gasteiger partial charge < -0.3 is 10.0 Å². The number of rotatable bonds is 2. The second kappa shape index (κ2) is 3.98. The van der Waals surface area contributed by atoms with Crippen LogP contribution >= 0.6 is 0 Å². The molecule has 0 bridgehead atoms. The standard InChI is InChI=1S/C10H17NO3/c1-10(2,9(13)14)11-7-5-3-4-6-8(11)12/h3-7H2,1-2H3,(H,13,14). The lowest BCUT2D eigenvalue weighted by Crippen LogP contribution is -2.52. The van der Waals surface area contributed by atoms with Gasteiger partial charge >= 0.3 is 5.97 Å². The summed E-state index contributed by atoms with van der Waals surface area (Å²) in [7, 11) is 0. The van der Waals surface area contributed by atoms with Crippen LogP contribution in [0.1, 0.15) is 39.5 Å². The van der Waals surface area contributed by atoms with Crippen molar-refractivity contribution < 1.29 is 14.7 Å². The summed E-state index contributed by atoms with van der Waals surface area (Å²) in [6.45, 7) is 3.73. The van der Waals surface area contributed by atoms with Crippen molar-refractivity contribution in [1.82, 2.24) is 4.90 Å². The van der Waals surface area contributed by atoms with Crippen LogP contribution in [0.4, 0.5) is 0 Å². The maximum atomic E-state index is 11.6. The van der Waals surface area contributed by atoms with Crippen LogP contribution in [-0.4, -0.2) is 34.0 Å². The zero-order chi connectivity index (χ0) is 10.8. The maximum absolute atomic E-state index is 11.6. The van der Waals surface area contributed by atoms with Gasteiger partial charge in [-0.15, -0.1) is 0 Å². The molecule has 1 N–H and O–H groups in total. The van der Waals surface area contributed by atoms with Crippen LogP contribution in [0, 0.1) is 0 Å². The van der Waals surface area contributed by atoms with Gasteiger partial charge in [-0.25, -0.2) is 4.79 Å². The van der Waals surface area contributed by atoms with Crippen molar-refractivity contribution in [3.63, 3.8) is 0 Å². The van der Waals surface area contributed by atoms with Gasteiger partial charge in [-0.1, -0.05) is 6.42 Å². The number of carboxylic acids is 1. The monoisotopic (exact) mass is 199 g/mol. The molecule has 0 spiro atoms. The summed E-state index contributed by atoms with van der Waals surface area (Å²) >= 11 is 0. The van der Waals surface area contributed by atoms with Gasteiger partial charge in [0.1, 0.15) is 5.54 Å². The molecule has 0 radical (unpaired) electrons. The minimum Gasteiger partial charge on any atom is -0.480 e. The van der Waals surface area contributed by atoms with E-state index in [-0.39, 0.29) is 5.91 Å². The van der Waals surface area contributed by atoms with E-state index in [1.54, 1.807) is 13.8 Å². The van der Waals surface area contributed by atoms with E-state index in [2.05, 4.69) is 0 Å². The van der Waals surface area contributed by atoms with E-state index in [0.29, 0.717) is 13.0 Å². The Morgan fingerprint density at radius 1 is 1.36 bits per heavy atom. The summed E-state index contributed by atoms with van der Waals surface area (Å²) in [5.74, 6) is -0.970. The molecular formula is C10H17NO3. The summed E-state index contributed by atoms with van der Waals surface area (Å²) in [6.07, 6.45) is 3.28. The van der Waals surface area contributed by atoms with Crippen molar-refractivity contribution in [2.45, 2.75) is 45.1 Å². The molecule has 80 valence electrons. The van der Waals surface area contributed by atoms with Crippen LogP contribution < -0.4 is 0 Å². The fourth-order valence-corrected chi connectivity index (χ4v) is 1.69. The van der Waals surface area contributed by atoms with E-state index in [1.807, 2.05) is 0 Å². The van der Waals surface area contributed by atoms with Crippen molar-refractivity contribution in [1.29, 1.82) is 0 Å². The molecule has 0 aromatic carbocycles. The van der Waals surface area contributed by atoms with E-state index < -0.39 is 11.5 Å². The molecule has 1 fully saturated rings. The smallest absolute Gasteiger partial charge is 0.329 e. The Kier molecular flexibility index (Phi) is 3.13. The summed E-state index contributed by atoms with van der Waals surface area (Å²) < 4.78 is 0. The summed E-state index contributed by atoms with van der Waals surface area (Å²) in [4.78, 5) is 24.1. The minimum atomic E-state index is -1.07. The molecule has 4 nitrogen and oxygen atoms in total. The van der Waals surface area contributed by atoms with E-state index in [9.17, 15) is 9.59 Å². The number of hydrogen-bond donors (Lipinski definition) is 1. The molecule has 0 aliphatic carbocycles. The van der Waals surface area contributed by atoms with Crippen LogP contribution in [0.3, 0.4) is 0 Å². The fraction of sp³-hybridized carbons (Fsp3) is 0.800. The topological polar surface area (TPSA) is 57.6 Å². The van der Waals surface area contributed by atoms with Gasteiger partial charge in [0.25, 0.3) is 0 Å². The molecule has 0 atom stereocenters. The highest BCUT2D eigenvalue weighted by molar-refractivity contribution is 5.86. The molecular weight excluding hydrogens is 182 g/mol. The zero-order valence-corrected chi connectivity index (χ0v) is 8.75. The van der Waals surface area contributed by atoms with Gasteiger partial charge in [0, 0.05) is 13.0 Å². The molecule has 1 amide bonds. The molecule has 1 aliphatic rings. The quantitative estimate of drug-likeness (QED) is 0.728. The van der Waals surface area contributed by atoms with E-state index >= 15 is 0 Å². The van der Waals surface area contributed by atoms with Crippen molar-refractivity contribution in [3.8, 4) is 0 Å². The summed E-state index contributed by atoms with van der Waals surface area (Å²) in [6, 6.07) is 0. The fourth-order valence-electron chi connectivity index (χ4n) is 1.69. The molecule has 0 aromatic rings. The van der Waals surface area contributed by atoms with E-state index in [0.717, 1.165) is 19.3 Å². The second-order valence-corrected chi connectivity index (χ2v) is 4.22. The minimum absolute atomic E-state index is 0.0325. The molecule has 1 aliphatic heterocycles. The van der Waals surface area contributed by atoms with Crippen molar-refractivity contribution in [3.05, 3.63) is 0 Å². The highest BCUT2D eigenvalue weighted by atomic mass is 16.4. The average molecular weight is 199 g/mol. The van der Waals surface area contributed by atoms with Crippen LogP contribution in [0.15, 0.2) is 0 Å². The third-order valence-electron chi connectivity index (χ3n) is 2.77. The molecule has 0 unspecified atom stereocenters. The summed E-state index contributed by atoms with van der Waals surface area (Å²) in [5.41, 5.74) is -1.07. The number of carbonyl (C=O) groups excluding carboxylic acids is 1. The molecule has 1 saturated heterocycles. The predicted octanol–water partition coefficient (Wildman–Crippen LogP) is 1.25. The lowest BCUT2D eigenvalue weighted by atomic mass is 10.0. The first-order valence-corrected chi connectivity index (χ1v) is 5.00.